The van der Waals surface area contributed by atoms with Crippen LogP contribution in [-0.2, 0) is 4.79 Å². The van der Waals surface area contributed by atoms with E-state index in [0.717, 1.165) is 31.8 Å². The summed E-state index contributed by atoms with van der Waals surface area (Å²) >= 11 is 5.77. The highest BCUT2D eigenvalue weighted by Gasteiger charge is 2.23. The maximum absolute atomic E-state index is 11.6. The highest BCUT2D eigenvalue weighted by Crippen LogP contribution is 2.19. The molecule has 3 heteroatoms. The molecule has 0 aromatic rings. The van der Waals surface area contributed by atoms with Crippen molar-refractivity contribution in [3.8, 4) is 0 Å². The van der Waals surface area contributed by atoms with E-state index in [1.54, 1.807) is 0 Å². The SMILES string of the molecule is CC(C)C(=O)N1CCC(CCl)CC1. The first kappa shape index (κ1) is 10.8. The molecule has 1 heterocycles. The van der Waals surface area contributed by atoms with E-state index < -0.39 is 0 Å². The van der Waals surface area contributed by atoms with Crippen LogP contribution in [0.25, 0.3) is 0 Å². The predicted molar refractivity (Wildman–Crippen MR) is 54.9 cm³/mol. The van der Waals surface area contributed by atoms with Crippen LogP contribution in [-0.4, -0.2) is 29.8 Å². The van der Waals surface area contributed by atoms with Crippen molar-refractivity contribution < 1.29 is 4.79 Å². The number of carbonyl (C=O) groups is 1. The number of halogens is 1. The minimum absolute atomic E-state index is 0.132. The fraction of sp³-hybridized carbons (Fsp3) is 0.900. The molecule has 0 N–H and O–H groups in total. The van der Waals surface area contributed by atoms with Crippen LogP contribution in [0.3, 0.4) is 0 Å². The van der Waals surface area contributed by atoms with E-state index in [4.69, 9.17) is 11.6 Å². The van der Waals surface area contributed by atoms with Crippen LogP contribution >= 0.6 is 11.6 Å². The first-order chi connectivity index (χ1) is 6.15. The maximum Gasteiger partial charge on any atom is 0.225 e. The van der Waals surface area contributed by atoms with Crippen LogP contribution in [0.5, 0.6) is 0 Å². The third kappa shape index (κ3) is 2.87. The second-order valence-corrected chi connectivity index (χ2v) is 4.39. The van der Waals surface area contributed by atoms with Gasteiger partial charge in [0.05, 0.1) is 0 Å². The Balaban J connectivity index is 2.36. The van der Waals surface area contributed by atoms with E-state index in [1.807, 2.05) is 18.7 Å². The first-order valence-electron chi connectivity index (χ1n) is 5.00. The molecule has 0 bridgehead atoms. The standard InChI is InChI=1S/C10H18ClNO/c1-8(2)10(13)12-5-3-9(7-11)4-6-12/h8-9H,3-7H2,1-2H3. The number of piperidine rings is 1. The lowest BCUT2D eigenvalue weighted by Gasteiger charge is -2.32. The lowest BCUT2D eigenvalue weighted by atomic mass is 9.98. The van der Waals surface area contributed by atoms with Crippen LogP contribution in [0.2, 0.25) is 0 Å². The van der Waals surface area contributed by atoms with Gasteiger partial charge in [-0.25, -0.2) is 0 Å². The topological polar surface area (TPSA) is 20.3 Å². The van der Waals surface area contributed by atoms with Gasteiger partial charge in [-0.3, -0.25) is 4.79 Å². The summed E-state index contributed by atoms with van der Waals surface area (Å²) in [6, 6.07) is 0. The van der Waals surface area contributed by atoms with Gasteiger partial charge >= 0.3 is 0 Å². The van der Waals surface area contributed by atoms with Crippen molar-refractivity contribution in [3.63, 3.8) is 0 Å². The largest absolute Gasteiger partial charge is 0.342 e. The van der Waals surface area contributed by atoms with Crippen LogP contribution < -0.4 is 0 Å². The molecule has 0 saturated carbocycles. The van der Waals surface area contributed by atoms with Gasteiger partial charge in [-0.15, -0.1) is 11.6 Å². The third-order valence-electron chi connectivity index (χ3n) is 2.64. The molecule has 0 radical (unpaired) electrons. The number of hydrogen-bond donors (Lipinski definition) is 0. The molecule has 1 amide bonds. The summed E-state index contributed by atoms with van der Waals surface area (Å²) in [6.07, 6.45) is 2.14. The third-order valence-corrected chi connectivity index (χ3v) is 3.07. The zero-order valence-electron chi connectivity index (χ0n) is 8.42. The molecule has 1 rings (SSSR count). The number of alkyl halides is 1. The Morgan fingerprint density at radius 1 is 1.46 bits per heavy atom. The summed E-state index contributed by atoms with van der Waals surface area (Å²) in [5, 5.41) is 0. The normalized spacial score (nSPS) is 19.5. The molecule has 1 aliphatic rings. The van der Waals surface area contributed by atoms with Gasteiger partial charge in [-0.2, -0.15) is 0 Å². The number of likely N-dealkylation sites (tertiary alicyclic amines) is 1. The molecule has 0 atom stereocenters. The Hall–Kier alpha value is -0.240. The zero-order chi connectivity index (χ0) is 9.84. The number of nitrogens with zero attached hydrogens (tertiary/aromatic N) is 1. The summed E-state index contributed by atoms with van der Waals surface area (Å²) in [6.45, 7) is 5.70. The molecule has 0 unspecified atom stereocenters. The van der Waals surface area contributed by atoms with E-state index in [0.29, 0.717) is 5.92 Å². The van der Waals surface area contributed by atoms with Gasteiger partial charge in [0.2, 0.25) is 5.91 Å². The molecule has 0 aromatic carbocycles. The molecule has 76 valence electrons. The average Bonchev–Trinajstić information content (AvgIpc) is 2.17. The molecule has 0 aromatic heterocycles. The van der Waals surface area contributed by atoms with Gasteiger partial charge in [-0.1, -0.05) is 13.8 Å². The first-order valence-corrected chi connectivity index (χ1v) is 5.53. The van der Waals surface area contributed by atoms with Crippen molar-refractivity contribution in [2.45, 2.75) is 26.7 Å². The average molecular weight is 204 g/mol. The fourth-order valence-corrected chi connectivity index (χ4v) is 1.98. The summed E-state index contributed by atoms with van der Waals surface area (Å²) in [5.74, 6) is 1.78. The highest BCUT2D eigenvalue weighted by molar-refractivity contribution is 6.18. The number of amides is 1. The van der Waals surface area contributed by atoms with Crippen LogP contribution in [0.1, 0.15) is 26.7 Å². The van der Waals surface area contributed by atoms with Crippen molar-refractivity contribution in [2.75, 3.05) is 19.0 Å². The summed E-state index contributed by atoms with van der Waals surface area (Å²) in [5.41, 5.74) is 0. The van der Waals surface area contributed by atoms with Crippen LogP contribution in [0.4, 0.5) is 0 Å². The fourth-order valence-electron chi connectivity index (χ4n) is 1.67. The van der Waals surface area contributed by atoms with Crippen molar-refractivity contribution in [2.24, 2.45) is 11.8 Å². The van der Waals surface area contributed by atoms with E-state index in [2.05, 4.69) is 0 Å². The van der Waals surface area contributed by atoms with Gasteiger partial charge in [0.25, 0.3) is 0 Å². The lowest BCUT2D eigenvalue weighted by Crippen LogP contribution is -2.40. The van der Waals surface area contributed by atoms with Gasteiger partial charge in [-0.05, 0) is 18.8 Å². The van der Waals surface area contributed by atoms with E-state index in [9.17, 15) is 4.79 Å². The Kier molecular flexibility index (Phi) is 4.04. The summed E-state index contributed by atoms with van der Waals surface area (Å²) < 4.78 is 0. The van der Waals surface area contributed by atoms with Gasteiger partial charge in [0.15, 0.2) is 0 Å². The number of hydrogen-bond acceptors (Lipinski definition) is 1. The molecular formula is C10H18ClNO. The predicted octanol–water partition coefficient (Wildman–Crippen LogP) is 2.12. The van der Waals surface area contributed by atoms with Gasteiger partial charge < -0.3 is 4.90 Å². The minimum atomic E-state index is 0.132. The highest BCUT2D eigenvalue weighted by atomic mass is 35.5. The molecular weight excluding hydrogens is 186 g/mol. The van der Waals surface area contributed by atoms with Crippen LogP contribution in [0.15, 0.2) is 0 Å². The second-order valence-electron chi connectivity index (χ2n) is 4.08. The Morgan fingerprint density at radius 3 is 2.38 bits per heavy atom. The number of rotatable bonds is 2. The van der Waals surface area contributed by atoms with Gasteiger partial charge in [0, 0.05) is 24.9 Å². The molecule has 1 fully saturated rings. The summed E-state index contributed by atoms with van der Waals surface area (Å²) in [7, 11) is 0. The van der Waals surface area contributed by atoms with Crippen molar-refractivity contribution >= 4 is 17.5 Å². The Bertz CT molecular complexity index is 174. The molecule has 1 aliphatic heterocycles. The van der Waals surface area contributed by atoms with Crippen molar-refractivity contribution in [1.82, 2.24) is 4.90 Å². The van der Waals surface area contributed by atoms with Crippen LogP contribution in [0, 0.1) is 11.8 Å². The van der Waals surface area contributed by atoms with Crippen molar-refractivity contribution in [1.29, 1.82) is 0 Å². The smallest absolute Gasteiger partial charge is 0.225 e. The van der Waals surface area contributed by atoms with E-state index >= 15 is 0 Å². The quantitative estimate of drug-likeness (QED) is 0.630. The Labute approximate surface area is 85.2 Å². The number of carbonyl (C=O) groups excluding carboxylic acids is 1. The molecule has 0 spiro atoms. The summed E-state index contributed by atoms with van der Waals surface area (Å²) in [4.78, 5) is 13.6. The minimum Gasteiger partial charge on any atom is -0.342 e. The second kappa shape index (κ2) is 4.85. The molecule has 13 heavy (non-hydrogen) atoms. The van der Waals surface area contributed by atoms with E-state index in [1.165, 1.54) is 0 Å². The Morgan fingerprint density at radius 2 is 2.00 bits per heavy atom. The monoisotopic (exact) mass is 203 g/mol. The zero-order valence-corrected chi connectivity index (χ0v) is 9.18. The van der Waals surface area contributed by atoms with Crippen molar-refractivity contribution in [3.05, 3.63) is 0 Å². The van der Waals surface area contributed by atoms with E-state index in [-0.39, 0.29) is 11.8 Å². The lowest BCUT2D eigenvalue weighted by molar-refractivity contribution is -0.135. The molecule has 1 saturated heterocycles. The molecule has 0 aliphatic carbocycles. The maximum atomic E-state index is 11.6. The molecule has 2 nitrogen and oxygen atoms in total. The van der Waals surface area contributed by atoms with Gasteiger partial charge in [0.1, 0.15) is 0 Å².